The Morgan fingerprint density at radius 2 is 1.71 bits per heavy atom. The Kier molecular flexibility index (Phi) is 5.16. The molecule has 2 heterocycles. The Hall–Kier alpha value is -3.24. The number of hydrogen-bond donors (Lipinski definition) is 1. The smallest absolute Gasteiger partial charge is 0.221 e. The first kappa shape index (κ1) is 19.7. The van der Waals surface area contributed by atoms with E-state index in [0.717, 1.165) is 33.3 Å². The third-order valence-electron chi connectivity index (χ3n) is 6.10. The lowest BCUT2D eigenvalue weighted by Gasteiger charge is -2.20. The number of carbonyl (C=O) groups is 1. The summed E-state index contributed by atoms with van der Waals surface area (Å²) in [6, 6.07) is 26.3. The molecule has 1 aromatic heterocycles. The standard InChI is InChI=1S/C26H23ClN2O2/c1-31-19-13-11-17(12-14-19)16-29-22-10-6-5-9-20(22)24(26(29)27)21-15-23(30)28-25(21)18-7-3-2-4-8-18/h2-14,21,25H,15-16H2,1H3,(H,28,30)/t21-,25-/m1/s1. The van der Waals surface area contributed by atoms with Crippen molar-refractivity contribution in [3.63, 3.8) is 0 Å². The molecule has 1 N–H and O–H groups in total. The van der Waals surface area contributed by atoms with Crippen LogP contribution in [0.3, 0.4) is 0 Å². The van der Waals surface area contributed by atoms with Gasteiger partial charge in [-0.1, -0.05) is 72.3 Å². The van der Waals surface area contributed by atoms with Crippen molar-refractivity contribution in [1.82, 2.24) is 9.88 Å². The van der Waals surface area contributed by atoms with E-state index in [4.69, 9.17) is 16.3 Å². The first-order valence-corrected chi connectivity index (χ1v) is 10.8. The molecule has 1 saturated heterocycles. The molecule has 1 fully saturated rings. The molecule has 1 aliphatic heterocycles. The summed E-state index contributed by atoms with van der Waals surface area (Å²) in [6.45, 7) is 0.646. The van der Waals surface area contributed by atoms with Gasteiger partial charge in [-0.2, -0.15) is 0 Å². The van der Waals surface area contributed by atoms with E-state index in [9.17, 15) is 4.79 Å². The van der Waals surface area contributed by atoms with E-state index in [1.807, 2.05) is 42.5 Å². The Balaban J connectivity index is 1.60. The summed E-state index contributed by atoms with van der Waals surface area (Å²) in [4.78, 5) is 12.4. The minimum atomic E-state index is -0.0913. The van der Waals surface area contributed by atoms with E-state index in [1.54, 1.807) is 7.11 Å². The summed E-state index contributed by atoms with van der Waals surface area (Å²) in [6.07, 6.45) is 0.426. The van der Waals surface area contributed by atoms with Crippen molar-refractivity contribution in [3.05, 3.63) is 101 Å². The normalized spacial score (nSPS) is 18.3. The molecule has 5 heteroatoms. The molecule has 0 spiro atoms. The molecule has 4 aromatic rings. The summed E-state index contributed by atoms with van der Waals surface area (Å²) < 4.78 is 7.41. The van der Waals surface area contributed by atoms with Crippen LogP contribution in [0.15, 0.2) is 78.9 Å². The second-order valence-electron chi connectivity index (χ2n) is 7.92. The summed E-state index contributed by atoms with van der Waals surface area (Å²) >= 11 is 7.04. The van der Waals surface area contributed by atoms with E-state index in [2.05, 4.69) is 46.3 Å². The zero-order valence-electron chi connectivity index (χ0n) is 17.2. The summed E-state index contributed by atoms with van der Waals surface area (Å²) in [5, 5.41) is 4.96. The Morgan fingerprint density at radius 1 is 1.00 bits per heavy atom. The number of fused-ring (bicyclic) bond motifs is 1. The molecule has 0 radical (unpaired) electrons. The zero-order chi connectivity index (χ0) is 21.4. The molecule has 4 nitrogen and oxygen atoms in total. The number of nitrogens with one attached hydrogen (secondary N) is 1. The molecular formula is C26H23ClN2O2. The van der Waals surface area contributed by atoms with Crippen molar-refractivity contribution in [2.45, 2.75) is 24.9 Å². The fourth-order valence-electron chi connectivity index (χ4n) is 4.62. The number of halogens is 1. The maximum absolute atomic E-state index is 12.4. The van der Waals surface area contributed by atoms with Crippen molar-refractivity contribution in [3.8, 4) is 5.75 Å². The number of nitrogens with zero attached hydrogens (tertiary/aromatic N) is 1. The minimum absolute atomic E-state index is 0.0237. The molecular weight excluding hydrogens is 408 g/mol. The van der Waals surface area contributed by atoms with Crippen molar-refractivity contribution < 1.29 is 9.53 Å². The first-order valence-electron chi connectivity index (χ1n) is 10.4. The van der Waals surface area contributed by atoms with Gasteiger partial charge in [0.1, 0.15) is 10.9 Å². The lowest BCUT2D eigenvalue weighted by molar-refractivity contribution is -0.119. The third-order valence-corrected chi connectivity index (χ3v) is 6.51. The van der Waals surface area contributed by atoms with Crippen molar-refractivity contribution >= 4 is 28.4 Å². The van der Waals surface area contributed by atoms with Crippen LogP contribution in [-0.4, -0.2) is 17.6 Å². The van der Waals surface area contributed by atoms with Crippen molar-refractivity contribution in [1.29, 1.82) is 0 Å². The van der Waals surface area contributed by atoms with Crippen LogP contribution in [0.5, 0.6) is 5.75 Å². The highest BCUT2D eigenvalue weighted by molar-refractivity contribution is 6.32. The molecule has 0 unspecified atom stereocenters. The highest BCUT2D eigenvalue weighted by atomic mass is 35.5. The number of rotatable bonds is 5. The number of aromatic nitrogens is 1. The van der Waals surface area contributed by atoms with Crippen molar-refractivity contribution in [2.24, 2.45) is 0 Å². The number of benzene rings is 3. The average molecular weight is 431 g/mol. The van der Waals surface area contributed by atoms with Gasteiger partial charge in [-0.05, 0) is 29.3 Å². The van der Waals surface area contributed by atoms with Crippen LogP contribution in [0.4, 0.5) is 0 Å². The molecule has 31 heavy (non-hydrogen) atoms. The summed E-state index contributed by atoms with van der Waals surface area (Å²) in [5.74, 6) is 0.862. The number of methoxy groups -OCH3 is 1. The van der Waals surface area contributed by atoms with Crippen LogP contribution >= 0.6 is 11.6 Å². The predicted octanol–water partition coefficient (Wildman–Crippen LogP) is 5.70. The van der Waals surface area contributed by atoms with E-state index < -0.39 is 0 Å². The second-order valence-corrected chi connectivity index (χ2v) is 8.28. The molecule has 3 aromatic carbocycles. The maximum atomic E-state index is 12.4. The fourth-order valence-corrected chi connectivity index (χ4v) is 5.01. The van der Waals surface area contributed by atoms with Gasteiger partial charge in [0.15, 0.2) is 0 Å². The monoisotopic (exact) mass is 430 g/mol. The van der Waals surface area contributed by atoms with Gasteiger partial charge in [-0.15, -0.1) is 0 Å². The van der Waals surface area contributed by atoms with E-state index >= 15 is 0 Å². The Labute approximate surface area is 186 Å². The van der Waals surface area contributed by atoms with Crippen LogP contribution < -0.4 is 10.1 Å². The molecule has 0 bridgehead atoms. The van der Waals surface area contributed by atoms with Crippen LogP contribution in [0.1, 0.15) is 35.1 Å². The molecule has 1 amide bonds. The fraction of sp³-hybridized carbons (Fsp3) is 0.192. The van der Waals surface area contributed by atoms with Gasteiger partial charge in [0.25, 0.3) is 0 Å². The lowest BCUT2D eigenvalue weighted by atomic mass is 9.87. The zero-order valence-corrected chi connectivity index (χ0v) is 18.0. The highest BCUT2D eigenvalue weighted by Crippen LogP contribution is 2.45. The average Bonchev–Trinajstić information content (AvgIpc) is 3.32. The maximum Gasteiger partial charge on any atom is 0.221 e. The van der Waals surface area contributed by atoms with Gasteiger partial charge in [0.2, 0.25) is 5.91 Å². The quantitative estimate of drug-likeness (QED) is 0.441. The second kappa shape index (κ2) is 8.12. The number of hydrogen-bond acceptors (Lipinski definition) is 2. The van der Waals surface area contributed by atoms with Gasteiger partial charge in [-0.25, -0.2) is 0 Å². The molecule has 156 valence electrons. The molecule has 5 rings (SSSR count). The highest BCUT2D eigenvalue weighted by Gasteiger charge is 2.38. The Morgan fingerprint density at radius 3 is 2.45 bits per heavy atom. The van der Waals surface area contributed by atoms with Gasteiger partial charge >= 0.3 is 0 Å². The third kappa shape index (κ3) is 3.57. The van der Waals surface area contributed by atoms with Crippen LogP contribution in [-0.2, 0) is 11.3 Å². The number of para-hydroxylation sites is 1. The molecule has 0 aliphatic carbocycles. The van der Waals surface area contributed by atoms with E-state index in [1.165, 1.54) is 0 Å². The first-order chi connectivity index (χ1) is 15.2. The van der Waals surface area contributed by atoms with Crippen LogP contribution in [0.2, 0.25) is 5.15 Å². The topological polar surface area (TPSA) is 43.3 Å². The summed E-state index contributed by atoms with van der Waals surface area (Å²) in [7, 11) is 1.66. The molecule has 0 saturated carbocycles. The van der Waals surface area contributed by atoms with Crippen molar-refractivity contribution in [2.75, 3.05) is 7.11 Å². The van der Waals surface area contributed by atoms with E-state index in [-0.39, 0.29) is 17.9 Å². The molecule has 1 aliphatic rings. The largest absolute Gasteiger partial charge is 0.497 e. The Bertz CT molecular complexity index is 1230. The summed E-state index contributed by atoms with van der Waals surface area (Å²) in [5.41, 5.74) is 4.35. The van der Waals surface area contributed by atoms with Gasteiger partial charge in [0.05, 0.1) is 13.2 Å². The molecule has 2 atom stereocenters. The predicted molar refractivity (Wildman–Crippen MR) is 124 cm³/mol. The van der Waals surface area contributed by atoms with Gasteiger partial charge < -0.3 is 14.6 Å². The number of amides is 1. The van der Waals surface area contributed by atoms with Gasteiger partial charge in [-0.3, -0.25) is 4.79 Å². The van der Waals surface area contributed by atoms with E-state index in [0.29, 0.717) is 18.1 Å². The SMILES string of the molecule is COc1ccc(Cn2c(Cl)c([C@H]3CC(=O)N[C@@H]3c3ccccc3)c3ccccc32)cc1. The van der Waals surface area contributed by atoms with Gasteiger partial charge in [0, 0.05) is 35.3 Å². The lowest BCUT2D eigenvalue weighted by Crippen LogP contribution is -2.20. The van der Waals surface area contributed by atoms with Crippen LogP contribution in [0.25, 0.3) is 10.9 Å². The number of carbonyl (C=O) groups excluding carboxylic acids is 1. The van der Waals surface area contributed by atoms with Crippen LogP contribution in [0, 0.1) is 0 Å². The number of ether oxygens (including phenoxy) is 1. The minimum Gasteiger partial charge on any atom is -0.497 e.